The topological polar surface area (TPSA) is 38.1 Å². The van der Waals surface area contributed by atoms with E-state index in [-0.39, 0.29) is 5.91 Å². The van der Waals surface area contributed by atoms with Gasteiger partial charge < -0.3 is 4.90 Å². The van der Waals surface area contributed by atoms with Crippen LogP contribution in [-0.4, -0.2) is 22.2 Å². The number of aromatic nitrogens is 2. The van der Waals surface area contributed by atoms with Gasteiger partial charge in [0.2, 0.25) is 0 Å². The molecule has 1 aromatic heterocycles. The maximum atomic E-state index is 12.4. The summed E-state index contributed by atoms with van der Waals surface area (Å²) in [5, 5.41) is 4.03. The zero-order valence-corrected chi connectivity index (χ0v) is 10.9. The Balaban J connectivity index is 2.31. The summed E-state index contributed by atoms with van der Waals surface area (Å²) in [5.74, 6) is -0.0174. The Morgan fingerprint density at radius 1 is 1.44 bits per heavy atom. The predicted octanol–water partition coefficient (Wildman–Crippen LogP) is 2.40. The van der Waals surface area contributed by atoms with E-state index in [1.807, 2.05) is 38.1 Å². The van der Waals surface area contributed by atoms with Gasteiger partial charge in [0.15, 0.2) is 0 Å². The monoisotopic (exact) mass is 243 g/mol. The second kappa shape index (κ2) is 5.04. The van der Waals surface area contributed by atoms with Crippen LogP contribution in [0.25, 0.3) is 0 Å². The van der Waals surface area contributed by atoms with Gasteiger partial charge in [-0.2, -0.15) is 5.10 Å². The lowest BCUT2D eigenvalue weighted by molar-refractivity contribution is 0.0988. The predicted molar refractivity (Wildman–Crippen MR) is 71.7 cm³/mol. The molecule has 0 aliphatic rings. The molecule has 0 radical (unpaired) electrons. The molecule has 0 N–H and O–H groups in total. The minimum absolute atomic E-state index is 0.0174. The Kier molecular flexibility index (Phi) is 3.46. The standard InChI is InChI=1S/C14H17N3O/c1-4-17(13-7-5-6-11(2)8-13)14(18)12-9-15-16(3)10-12/h5-10H,4H2,1-3H3. The largest absolute Gasteiger partial charge is 0.309 e. The van der Waals surface area contributed by atoms with Crippen LogP contribution in [0.5, 0.6) is 0 Å². The molecule has 18 heavy (non-hydrogen) atoms. The summed E-state index contributed by atoms with van der Waals surface area (Å²) in [6.07, 6.45) is 3.33. The van der Waals surface area contributed by atoms with Crippen LogP contribution in [0.4, 0.5) is 5.69 Å². The van der Waals surface area contributed by atoms with Crippen molar-refractivity contribution in [1.29, 1.82) is 0 Å². The first-order valence-corrected chi connectivity index (χ1v) is 5.99. The van der Waals surface area contributed by atoms with Crippen LogP contribution in [0, 0.1) is 6.92 Å². The molecule has 4 heteroatoms. The first-order chi connectivity index (χ1) is 8.61. The van der Waals surface area contributed by atoms with Gasteiger partial charge in [0, 0.05) is 25.5 Å². The molecular formula is C14H17N3O. The summed E-state index contributed by atoms with van der Waals surface area (Å²) in [5.41, 5.74) is 2.68. The van der Waals surface area contributed by atoms with Gasteiger partial charge in [-0.05, 0) is 31.5 Å². The summed E-state index contributed by atoms with van der Waals surface area (Å²) in [4.78, 5) is 14.1. The van der Waals surface area contributed by atoms with Gasteiger partial charge in [0.1, 0.15) is 0 Å². The van der Waals surface area contributed by atoms with Crippen LogP contribution in [-0.2, 0) is 7.05 Å². The van der Waals surface area contributed by atoms with Crippen LogP contribution >= 0.6 is 0 Å². The first kappa shape index (κ1) is 12.4. The Morgan fingerprint density at radius 3 is 2.78 bits per heavy atom. The van der Waals surface area contributed by atoms with E-state index >= 15 is 0 Å². The smallest absolute Gasteiger partial charge is 0.261 e. The first-order valence-electron chi connectivity index (χ1n) is 5.99. The SMILES string of the molecule is CCN(C(=O)c1cnn(C)c1)c1cccc(C)c1. The van der Waals surface area contributed by atoms with E-state index in [9.17, 15) is 4.79 Å². The minimum atomic E-state index is -0.0174. The molecule has 0 bridgehead atoms. The van der Waals surface area contributed by atoms with Gasteiger partial charge in [0.25, 0.3) is 5.91 Å². The molecule has 0 saturated carbocycles. The fourth-order valence-corrected chi connectivity index (χ4v) is 1.93. The zero-order chi connectivity index (χ0) is 13.1. The molecular weight excluding hydrogens is 226 g/mol. The van der Waals surface area contributed by atoms with Crippen LogP contribution in [0.1, 0.15) is 22.8 Å². The molecule has 2 aromatic rings. The van der Waals surface area contributed by atoms with Crippen molar-refractivity contribution in [3.05, 3.63) is 47.8 Å². The van der Waals surface area contributed by atoms with E-state index in [0.717, 1.165) is 11.3 Å². The lowest BCUT2D eigenvalue weighted by Crippen LogP contribution is -2.30. The van der Waals surface area contributed by atoms with Gasteiger partial charge >= 0.3 is 0 Å². The molecule has 0 spiro atoms. The fourth-order valence-electron chi connectivity index (χ4n) is 1.93. The van der Waals surface area contributed by atoms with Gasteiger partial charge in [-0.15, -0.1) is 0 Å². The normalized spacial score (nSPS) is 10.4. The summed E-state index contributed by atoms with van der Waals surface area (Å²) in [6, 6.07) is 7.94. The summed E-state index contributed by atoms with van der Waals surface area (Å²) in [7, 11) is 1.81. The highest BCUT2D eigenvalue weighted by atomic mass is 16.2. The van der Waals surface area contributed by atoms with Crippen LogP contribution < -0.4 is 4.90 Å². The molecule has 0 saturated heterocycles. The molecule has 94 valence electrons. The highest BCUT2D eigenvalue weighted by Crippen LogP contribution is 2.18. The number of carbonyl (C=O) groups excluding carboxylic acids is 1. The van der Waals surface area contributed by atoms with Gasteiger partial charge in [-0.25, -0.2) is 0 Å². The Bertz CT molecular complexity index is 560. The van der Waals surface area contributed by atoms with Crippen LogP contribution in [0.15, 0.2) is 36.7 Å². The van der Waals surface area contributed by atoms with E-state index in [4.69, 9.17) is 0 Å². The van der Waals surface area contributed by atoms with E-state index in [1.165, 1.54) is 0 Å². The zero-order valence-electron chi connectivity index (χ0n) is 10.9. The molecule has 0 atom stereocenters. The molecule has 0 aliphatic heterocycles. The Hall–Kier alpha value is -2.10. The van der Waals surface area contributed by atoms with Crippen LogP contribution in [0.3, 0.4) is 0 Å². The maximum Gasteiger partial charge on any atom is 0.261 e. The molecule has 0 unspecified atom stereocenters. The number of aryl methyl sites for hydroxylation is 2. The van der Waals surface area contributed by atoms with Crippen molar-refractivity contribution >= 4 is 11.6 Å². The van der Waals surface area contributed by atoms with E-state index < -0.39 is 0 Å². The highest BCUT2D eigenvalue weighted by molar-refractivity contribution is 6.05. The molecule has 1 heterocycles. The average molecular weight is 243 g/mol. The third kappa shape index (κ3) is 2.42. The number of anilines is 1. The highest BCUT2D eigenvalue weighted by Gasteiger charge is 2.17. The van der Waals surface area contributed by atoms with Crippen molar-refractivity contribution < 1.29 is 4.79 Å². The number of nitrogens with zero attached hydrogens (tertiary/aromatic N) is 3. The molecule has 4 nitrogen and oxygen atoms in total. The number of carbonyl (C=O) groups is 1. The third-order valence-corrected chi connectivity index (χ3v) is 2.83. The Labute approximate surface area is 107 Å². The third-order valence-electron chi connectivity index (χ3n) is 2.83. The lowest BCUT2D eigenvalue weighted by Gasteiger charge is -2.20. The Morgan fingerprint density at radius 2 is 2.22 bits per heavy atom. The summed E-state index contributed by atoms with van der Waals surface area (Å²) < 4.78 is 1.64. The summed E-state index contributed by atoms with van der Waals surface area (Å²) >= 11 is 0. The van der Waals surface area contributed by atoms with Crippen molar-refractivity contribution in [3.63, 3.8) is 0 Å². The van der Waals surface area contributed by atoms with E-state index in [0.29, 0.717) is 12.1 Å². The lowest BCUT2D eigenvalue weighted by atomic mass is 10.2. The van der Waals surface area contributed by atoms with Crippen molar-refractivity contribution in [2.75, 3.05) is 11.4 Å². The number of amides is 1. The van der Waals surface area contributed by atoms with Gasteiger partial charge in [-0.1, -0.05) is 12.1 Å². The summed E-state index contributed by atoms with van der Waals surface area (Å²) in [6.45, 7) is 4.62. The molecule has 1 amide bonds. The molecule has 1 aromatic carbocycles. The number of hydrogen-bond acceptors (Lipinski definition) is 2. The van der Waals surface area contributed by atoms with E-state index in [1.54, 1.807) is 29.0 Å². The molecule has 0 aliphatic carbocycles. The van der Waals surface area contributed by atoms with Gasteiger partial charge in [-0.3, -0.25) is 9.48 Å². The van der Waals surface area contributed by atoms with E-state index in [2.05, 4.69) is 5.10 Å². The van der Waals surface area contributed by atoms with Crippen molar-refractivity contribution in [1.82, 2.24) is 9.78 Å². The molecule has 2 rings (SSSR count). The van der Waals surface area contributed by atoms with Crippen molar-refractivity contribution in [2.24, 2.45) is 7.05 Å². The molecule has 0 fully saturated rings. The maximum absolute atomic E-state index is 12.4. The van der Waals surface area contributed by atoms with Crippen LogP contribution in [0.2, 0.25) is 0 Å². The second-order valence-corrected chi connectivity index (χ2v) is 4.29. The van der Waals surface area contributed by atoms with Crippen molar-refractivity contribution in [2.45, 2.75) is 13.8 Å². The minimum Gasteiger partial charge on any atom is -0.309 e. The van der Waals surface area contributed by atoms with Crippen molar-refractivity contribution in [3.8, 4) is 0 Å². The second-order valence-electron chi connectivity index (χ2n) is 4.29. The average Bonchev–Trinajstić information content (AvgIpc) is 2.77. The van der Waals surface area contributed by atoms with Gasteiger partial charge in [0.05, 0.1) is 11.8 Å². The quantitative estimate of drug-likeness (QED) is 0.830. The number of benzene rings is 1. The number of hydrogen-bond donors (Lipinski definition) is 0. The fraction of sp³-hybridized carbons (Fsp3) is 0.286. The number of rotatable bonds is 3.